The summed E-state index contributed by atoms with van der Waals surface area (Å²) in [5, 5.41) is 0. The Morgan fingerprint density at radius 2 is 2.03 bits per heavy atom. The number of hydrogen-bond donors (Lipinski definition) is 0. The molecular weight excluding hydrogens is 399 g/mol. The number of fused-ring (bicyclic) bond motifs is 1. The van der Waals surface area contributed by atoms with E-state index in [1.807, 2.05) is 13.1 Å². The van der Waals surface area contributed by atoms with E-state index in [0.717, 1.165) is 24.3 Å². The van der Waals surface area contributed by atoms with Crippen LogP contribution in [0.3, 0.4) is 0 Å². The van der Waals surface area contributed by atoms with Crippen molar-refractivity contribution in [2.75, 3.05) is 31.3 Å². The van der Waals surface area contributed by atoms with Crippen molar-refractivity contribution in [3.05, 3.63) is 54.0 Å². The van der Waals surface area contributed by atoms with Crippen molar-refractivity contribution in [1.29, 1.82) is 0 Å². The van der Waals surface area contributed by atoms with Crippen LogP contribution in [0.1, 0.15) is 30.6 Å². The lowest BCUT2D eigenvalue weighted by atomic mass is 9.99. The van der Waals surface area contributed by atoms with Crippen LogP contribution in [-0.4, -0.2) is 51.3 Å². The third-order valence-electron chi connectivity index (χ3n) is 5.73. The zero-order chi connectivity index (χ0) is 21.2. The normalized spacial score (nSPS) is 20.5. The predicted molar refractivity (Wildman–Crippen MR) is 111 cm³/mol. The highest BCUT2D eigenvalue weighted by molar-refractivity contribution is 5.50. The lowest BCUT2D eigenvalue weighted by Gasteiger charge is -2.35. The first-order chi connectivity index (χ1) is 15.2. The van der Waals surface area contributed by atoms with Crippen LogP contribution in [0, 0.1) is 11.9 Å². The van der Waals surface area contributed by atoms with Gasteiger partial charge in [0, 0.05) is 61.8 Å². The third-order valence-corrected chi connectivity index (χ3v) is 5.73. The standard InChI is InChI=1S/C22H23FN6O2/c1-14-17-11-26-22(21-24-5-2-6-25-21)27-18(17)3-7-29(14)20-10-16(9-19(23)28-20)31-13-15-4-8-30-12-15/h2,5-6,9-11,14-15H,3-4,7-8,12-13H2,1H3. The summed E-state index contributed by atoms with van der Waals surface area (Å²) in [7, 11) is 0. The largest absolute Gasteiger partial charge is 0.493 e. The molecule has 0 saturated carbocycles. The molecule has 1 fully saturated rings. The van der Waals surface area contributed by atoms with E-state index in [0.29, 0.717) is 55.3 Å². The van der Waals surface area contributed by atoms with E-state index in [1.54, 1.807) is 24.5 Å². The molecule has 0 bridgehead atoms. The van der Waals surface area contributed by atoms with Crippen LogP contribution in [-0.2, 0) is 11.2 Å². The summed E-state index contributed by atoms with van der Waals surface area (Å²) in [6, 6.07) is 4.83. The fourth-order valence-corrected chi connectivity index (χ4v) is 4.02. The second-order valence-corrected chi connectivity index (χ2v) is 7.81. The SMILES string of the molecule is CC1c2cnc(-c3ncccn3)nc2CCN1c1cc(OCC2CCOC2)cc(F)n1. The van der Waals surface area contributed by atoms with Crippen molar-refractivity contribution in [3.63, 3.8) is 0 Å². The molecular formula is C22H23FN6O2. The summed E-state index contributed by atoms with van der Waals surface area (Å²) in [6.45, 7) is 4.67. The maximum absolute atomic E-state index is 14.3. The third kappa shape index (κ3) is 4.18. The molecule has 0 amide bonds. The van der Waals surface area contributed by atoms with Gasteiger partial charge >= 0.3 is 0 Å². The highest BCUT2D eigenvalue weighted by Crippen LogP contribution is 2.33. The van der Waals surface area contributed by atoms with Gasteiger partial charge in [0.25, 0.3) is 0 Å². The van der Waals surface area contributed by atoms with Gasteiger partial charge in [0.2, 0.25) is 5.95 Å². The summed E-state index contributed by atoms with van der Waals surface area (Å²) >= 11 is 0. The van der Waals surface area contributed by atoms with Gasteiger partial charge in [0.1, 0.15) is 11.6 Å². The van der Waals surface area contributed by atoms with Crippen molar-refractivity contribution in [1.82, 2.24) is 24.9 Å². The number of nitrogens with zero attached hydrogens (tertiary/aromatic N) is 6. The van der Waals surface area contributed by atoms with Crippen LogP contribution in [0.25, 0.3) is 11.6 Å². The van der Waals surface area contributed by atoms with Gasteiger partial charge in [-0.15, -0.1) is 0 Å². The van der Waals surface area contributed by atoms with Crippen LogP contribution in [0.2, 0.25) is 0 Å². The maximum atomic E-state index is 14.3. The minimum atomic E-state index is -0.555. The highest BCUT2D eigenvalue weighted by atomic mass is 19.1. The van der Waals surface area contributed by atoms with E-state index in [1.165, 1.54) is 6.07 Å². The van der Waals surface area contributed by atoms with Crippen molar-refractivity contribution >= 4 is 5.82 Å². The molecule has 3 aromatic rings. The Kier molecular flexibility index (Phi) is 5.42. The molecule has 3 aromatic heterocycles. The Bertz CT molecular complexity index is 1060. The topological polar surface area (TPSA) is 86.2 Å². The Balaban J connectivity index is 1.36. The molecule has 0 N–H and O–H groups in total. The van der Waals surface area contributed by atoms with Gasteiger partial charge < -0.3 is 14.4 Å². The first-order valence-corrected chi connectivity index (χ1v) is 10.5. The molecule has 0 radical (unpaired) electrons. The number of ether oxygens (including phenoxy) is 2. The van der Waals surface area contributed by atoms with E-state index in [2.05, 4.69) is 29.8 Å². The number of rotatable bonds is 5. The zero-order valence-electron chi connectivity index (χ0n) is 17.2. The fraction of sp³-hybridized carbons (Fsp3) is 0.409. The van der Waals surface area contributed by atoms with Gasteiger partial charge in [-0.25, -0.2) is 24.9 Å². The van der Waals surface area contributed by atoms with Crippen molar-refractivity contribution < 1.29 is 13.9 Å². The van der Waals surface area contributed by atoms with Crippen LogP contribution >= 0.6 is 0 Å². The summed E-state index contributed by atoms with van der Waals surface area (Å²) in [6.07, 6.45) is 6.81. The molecule has 2 unspecified atom stereocenters. The minimum absolute atomic E-state index is 0.0557. The second kappa shape index (κ2) is 8.50. The molecule has 2 aliphatic heterocycles. The molecule has 5 rings (SSSR count). The van der Waals surface area contributed by atoms with Gasteiger partial charge in [-0.05, 0) is 19.4 Å². The minimum Gasteiger partial charge on any atom is -0.493 e. The molecule has 0 spiro atoms. The second-order valence-electron chi connectivity index (χ2n) is 7.81. The maximum Gasteiger partial charge on any atom is 0.218 e. The summed E-state index contributed by atoms with van der Waals surface area (Å²) in [5.41, 5.74) is 1.94. The lowest BCUT2D eigenvalue weighted by molar-refractivity contribution is 0.167. The van der Waals surface area contributed by atoms with Gasteiger partial charge in [-0.3, -0.25) is 0 Å². The van der Waals surface area contributed by atoms with E-state index in [9.17, 15) is 4.39 Å². The molecule has 5 heterocycles. The molecule has 2 aliphatic rings. The van der Waals surface area contributed by atoms with Crippen molar-refractivity contribution in [2.24, 2.45) is 5.92 Å². The van der Waals surface area contributed by atoms with Crippen LogP contribution in [0.15, 0.2) is 36.8 Å². The van der Waals surface area contributed by atoms with E-state index in [4.69, 9.17) is 9.47 Å². The number of halogens is 1. The van der Waals surface area contributed by atoms with Gasteiger partial charge in [-0.2, -0.15) is 4.39 Å². The van der Waals surface area contributed by atoms with Gasteiger partial charge in [-0.1, -0.05) is 0 Å². The van der Waals surface area contributed by atoms with E-state index >= 15 is 0 Å². The number of pyridine rings is 1. The zero-order valence-corrected chi connectivity index (χ0v) is 17.2. The lowest BCUT2D eigenvalue weighted by Crippen LogP contribution is -2.35. The smallest absolute Gasteiger partial charge is 0.218 e. The quantitative estimate of drug-likeness (QED) is 0.580. The molecule has 2 atom stereocenters. The van der Waals surface area contributed by atoms with Crippen LogP contribution in [0.4, 0.5) is 10.2 Å². The molecule has 1 saturated heterocycles. The first kappa shape index (κ1) is 19.7. The molecule has 31 heavy (non-hydrogen) atoms. The monoisotopic (exact) mass is 422 g/mol. The molecule has 8 nitrogen and oxygen atoms in total. The number of hydrogen-bond acceptors (Lipinski definition) is 8. The van der Waals surface area contributed by atoms with Crippen LogP contribution in [0.5, 0.6) is 5.75 Å². The molecule has 0 aliphatic carbocycles. The average Bonchev–Trinajstić information content (AvgIpc) is 3.32. The summed E-state index contributed by atoms with van der Waals surface area (Å²) in [5.74, 6) is 1.84. The van der Waals surface area contributed by atoms with Crippen LogP contribution < -0.4 is 9.64 Å². The van der Waals surface area contributed by atoms with Gasteiger partial charge in [0.05, 0.1) is 24.9 Å². The Hall–Kier alpha value is -3.20. The number of aromatic nitrogens is 5. The molecule has 0 aromatic carbocycles. The summed E-state index contributed by atoms with van der Waals surface area (Å²) in [4.78, 5) is 23.8. The Labute approximate surface area is 179 Å². The molecule has 9 heteroatoms. The Morgan fingerprint density at radius 3 is 2.84 bits per heavy atom. The Morgan fingerprint density at radius 1 is 1.16 bits per heavy atom. The molecule has 160 valence electrons. The first-order valence-electron chi connectivity index (χ1n) is 10.5. The van der Waals surface area contributed by atoms with Gasteiger partial charge in [0.15, 0.2) is 11.6 Å². The highest BCUT2D eigenvalue weighted by Gasteiger charge is 2.28. The van der Waals surface area contributed by atoms with Crippen molar-refractivity contribution in [2.45, 2.75) is 25.8 Å². The fourth-order valence-electron chi connectivity index (χ4n) is 4.02. The number of anilines is 1. The van der Waals surface area contributed by atoms with E-state index in [-0.39, 0.29) is 6.04 Å². The van der Waals surface area contributed by atoms with Crippen molar-refractivity contribution in [3.8, 4) is 17.4 Å². The summed E-state index contributed by atoms with van der Waals surface area (Å²) < 4.78 is 25.5. The predicted octanol–water partition coefficient (Wildman–Crippen LogP) is 3.01. The average molecular weight is 422 g/mol. The van der Waals surface area contributed by atoms with E-state index < -0.39 is 5.95 Å².